The van der Waals surface area contributed by atoms with Gasteiger partial charge in [0, 0.05) is 586 Å². The van der Waals surface area contributed by atoms with E-state index in [2.05, 4.69) is 669 Å². The molecule has 2 rings (SSSR count). The van der Waals surface area contributed by atoms with Crippen LogP contribution >= 0.6 is 0 Å². The third kappa shape index (κ3) is 97.8. The average molecular weight is 1800 g/mol. The van der Waals surface area contributed by atoms with E-state index in [1.807, 2.05) is 20.8 Å². The van der Waals surface area contributed by atoms with Gasteiger partial charge < -0.3 is 14.6 Å². The molecule has 6 heteroatoms. The minimum absolute atomic E-state index is 0.0139. The number of carbonyl (C=O) groups is 3. The Labute approximate surface area is 853 Å². The zero-order valence-electron chi connectivity index (χ0n) is 76.3. The van der Waals surface area contributed by atoms with E-state index in [-0.39, 0.29) is 23.3 Å². The standard InChI is InChI=1S/C115H4.C16H22O4.C8H8O2/c1-3-5-7-9-11-13-15-17-19-21-23-25-27-29-31-33-35-37-39-41-43-45-47-49-51-53-55-57-59-61-63-65-67-69-71-73-75-77-79-81-83-85-87-89-91-93-95-97-99-101-103-105-107-109-111-113-115-114-112-110-108-106-104-102-100-98-96-94-92-90-88-86-84-82-80-78-76-74-72-70-68-66-64-62-60-58-56-54-52-50-48-46-44-42-40-38-36-34-32-30-28-26-24-22-20-18-16-14-12-10-8-6-4-2;1-12(17)13-7-9-14(10-8-13)19-11-5-6-15(18)20-16(2,3)4;1-6(9)7-2-4-8(10)5-3-7/h1H,2H3;7-10H,5-6,11H2,1-4H3;2-5,10H,1H3. The average Bonchev–Trinajstić information content (AvgIpc) is 0.913. The van der Waals surface area contributed by atoms with Crippen LogP contribution in [0, 0.1) is 675 Å². The highest BCUT2D eigenvalue weighted by molar-refractivity contribution is 5.94. The molecule has 6 nitrogen and oxygen atoms in total. The fourth-order valence-corrected chi connectivity index (χ4v) is 5.79. The molecule has 0 heterocycles. The van der Waals surface area contributed by atoms with Crippen molar-refractivity contribution in [2.24, 2.45) is 0 Å². The van der Waals surface area contributed by atoms with Gasteiger partial charge in [-0.25, -0.2) is 0 Å². The molecule has 0 unspecified atom stereocenters. The molecule has 0 atom stereocenters. The van der Waals surface area contributed by atoms with E-state index >= 15 is 0 Å². The van der Waals surface area contributed by atoms with Gasteiger partial charge in [-0.05, 0) is 191 Å². The first-order valence-corrected chi connectivity index (χ1v) is 38.5. The predicted octanol–water partition coefficient (Wildman–Crippen LogP) is 5.81. The zero-order chi connectivity index (χ0) is 105. The number of benzene rings is 2. The summed E-state index contributed by atoms with van der Waals surface area (Å²) in [6.45, 7) is 10.7. The number of phenols is 1. The number of phenolic OH excluding ortho intramolecular Hbond substituents is 1. The summed E-state index contributed by atoms with van der Waals surface area (Å²) in [6.07, 6.45) is 5.89. The van der Waals surface area contributed by atoms with Gasteiger partial charge in [-0.15, -0.1) is 6.42 Å². The van der Waals surface area contributed by atoms with Crippen molar-refractivity contribution in [3.8, 4) is 687 Å². The van der Waals surface area contributed by atoms with E-state index in [0.717, 1.165) is 0 Å². The van der Waals surface area contributed by atoms with Crippen molar-refractivity contribution in [3.63, 3.8) is 0 Å². The lowest BCUT2D eigenvalue weighted by atomic mass is 10.1. The van der Waals surface area contributed by atoms with Crippen molar-refractivity contribution in [1.82, 2.24) is 0 Å². The summed E-state index contributed by atoms with van der Waals surface area (Å²) < 4.78 is 10.7. The molecule has 0 bridgehead atoms. The van der Waals surface area contributed by atoms with Gasteiger partial charge in [0.2, 0.25) is 0 Å². The third-order valence-corrected chi connectivity index (χ3v) is 10.8. The summed E-state index contributed by atoms with van der Waals surface area (Å²) in [6, 6.07) is 13.1. The van der Waals surface area contributed by atoms with Crippen molar-refractivity contribution >= 4 is 17.5 Å². The summed E-state index contributed by atoms with van der Waals surface area (Å²) in [5.74, 6) is 283. The second-order valence-corrected chi connectivity index (χ2v) is 22.0. The Hall–Kier alpha value is -28.2. The Morgan fingerprint density at radius 3 is 0.476 bits per heavy atom. The molecule has 0 fully saturated rings. The topological polar surface area (TPSA) is 89.9 Å². The number of ether oxygens (including phenoxy) is 2. The van der Waals surface area contributed by atoms with Crippen LogP contribution in [0.5, 0.6) is 11.5 Å². The van der Waals surface area contributed by atoms with Gasteiger partial charge in [-0.1, -0.05) is 5.92 Å². The highest BCUT2D eigenvalue weighted by Crippen LogP contribution is 2.14. The van der Waals surface area contributed by atoms with E-state index in [4.69, 9.17) is 21.0 Å². The van der Waals surface area contributed by atoms with Crippen LogP contribution in [0.4, 0.5) is 0 Å². The first-order valence-electron chi connectivity index (χ1n) is 38.5. The Bertz CT molecular complexity index is 9590. The Morgan fingerprint density at radius 2 is 0.352 bits per heavy atom. The summed E-state index contributed by atoms with van der Waals surface area (Å²) in [5.41, 5.74) is 0.837. The van der Waals surface area contributed by atoms with Gasteiger partial charge in [0.15, 0.2) is 11.6 Å². The van der Waals surface area contributed by atoms with E-state index in [1.54, 1.807) is 43.3 Å². The lowest BCUT2D eigenvalue weighted by molar-refractivity contribution is -0.155. The molecule has 145 heavy (non-hydrogen) atoms. The van der Waals surface area contributed by atoms with Crippen LogP contribution in [-0.2, 0) is 9.53 Å². The number of carbonyl (C=O) groups excluding carboxylic acids is 3. The lowest BCUT2D eigenvalue weighted by Gasteiger charge is -2.19. The first kappa shape index (κ1) is 117. The Kier molecular flexibility index (Phi) is 78.9. The number of ketones is 2. The van der Waals surface area contributed by atoms with E-state index < -0.39 is 5.60 Å². The van der Waals surface area contributed by atoms with Crippen LogP contribution in [0.1, 0.15) is 75.1 Å². The van der Waals surface area contributed by atoms with Crippen molar-refractivity contribution in [1.29, 1.82) is 0 Å². The number of aromatic hydroxyl groups is 1. The van der Waals surface area contributed by atoms with Crippen LogP contribution in [0.2, 0.25) is 0 Å². The second-order valence-electron chi connectivity index (χ2n) is 22.0. The molecule has 1 N–H and O–H groups in total. The molecule has 0 aromatic heterocycles. The Morgan fingerprint density at radius 1 is 0.221 bits per heavy atom. The van der Waals surface area contributed by atoms with Gasteiger partial charge in [-0.3, -0.25) is 14.4 Å². The maximum atomic E-state index is 11.5. The van der Waals surface area contributed by atoms with Crippen LogP contribution < -0.4 is 4.74 Å². The maximum absolute atomic E-state index is 11.5. The number of Topliss-reactive ketones (excluding diaryl/α,β-unsaturated/α-hetero) is 2. The molecule has 2 aromatic rings. The predicted molar refractivity (Wildman–Crippen MR) is 565 cm³/mol. The SMILES string of the molecule is C#CC#CC#CC#CC#CC#CC#CC#CC#CC#CC#CC#CC#CC#CC#CC#CC#CC#CC#CC#CC#CC#CC#CC#CC#CC#CC#CC#CC#CC#CC#CC#CC#CC#CC#CC#CC#CC#CC#CC#CC#CC#CC#CC#CC#CC#CC#CC#CC#CC#CC#CC#CC#CC#CC#CC#CC#CC.CC(=O)c1ccc(O)cc1.CC(=O)c1ccc(OCCCC(=O)OC(C)(C)C)cc1. The third-order valence-electron chi connectivity index (χ3n) is 10.8. The van der Waals surface area contributed by atoms with Gasteiger partial charge in [0.05, 0.1) is 6.61 Å². The smallest absolute Gasteiger partial charge is 0.306 e. The summed E-state index contributed by atoms with van der Waals surface area (Å²) >= 11 is 0. The number of rotatable bonds is 7. The fourth-order valence-electron chi connectivity index (χ4n) is 5.79. The molecular weight excluding hydrogens is 1770 g/mol. The number of terminal acetylenes is 1. The minimum Gasteiger partial charge on any atom is -0.508 e. The van der Waals surface area contributed by atoms with Gasteiger partial charge in [-0.2, -0.15) is 0 Å². The van der Waals surface area contributed by atoms with E-state index in [9.17, 15) is 14.4 Å². The molecule has 0 saturated heterocycles. The molecule has 2 aromatic carbocycles. The van der Waals surface area contributed by atoms with Crippen LogP contribution in [0.15, 0.2) is 48.5 Å². The lowest BCUT2D eigenvalue weighted by Crippen LogP contribution is -2.23. The normalized spacial score (nSPS) is 5.30. The summed E-state index contributed by atoms with van der Waals surface area (Å²) in [5, 5.41) is 8.83. The summed E-state index contributed by atoms with van der Waals surface area (Å²) in [7, 11) is 0. The number of hydrogen-bond acceptors (Lipinski definition) is 6. The fraction of sp³-hybridized carbons (Fsp3) is 0.0719. The van der Waals surface area contributed by atoms with Crippen LogP contribution in [0.25, 0.3) is 0 Å². The zero-order valence-corrected chi connectivity index (χ0v) is 76.3. The van der Waals surface area contributed by atoms with Crippen LogP contribution in [0.3, 0.4) is 0 Å². The highest BCUT2D eigenvalue weighted by atomic mass is 16.6. The second kappa shape index (κ2) is 98.0. The molecule has 0 amide bonds. The van der Waals surface area contributed by atoms with Gasteiger partial charge >= 0.3 is 5.97 Å². The molecule has 0 spiro atoms. The first-order chi connectivity index (χ1) is 71.4. The maximum Gasteiger partial charge on any atom is 0.306 e. The molecule has 0 aliphatic carbocycles. The van der Waals surface area contributed by atoms with Gasteiger partial charge in [0.1, 0.15) is 17.1 Å². The van der Waals surface area contributed by atoms with Crippen molar-refractivity contribution in [3.05, 3.63) is 59.7 Å². The number of esters is 1. The van der Waals surface area contributed by atoms with Gasteiger partial charge in [0.25, 0.3) is 0 Å². The molecule has 626 valence electrons. The number of hydrogen-bond donors (Lipinski definition) is 1. The van der Waals surface area contributed by atoms with E-state index in [1.165, 1.54) is 26.0 Å². The van der Waals surface area contributed by atoms with Crippen LogP contribution in [-0.4, -0.2) is 34.9 Å². The minimum atomic E-state index is -0.444. The van der Waals surface area contributed by atoms with Crippen molar-refractivity contribution < 1.29 is 29.0 Å². The van der Waals surface area contributed by atoms with Crippen molar-refractivity contribution in [2.75, 3.05) is 6.61 Å². The largest absolute Gasteiger partial charge is 0.508 e. The molecule has 0 saturated carbocycles. The molecule has 0 aliphatic heterocycles. The monoisotopic (exact) mass is 1800 g/mol. The van der Waals surface area contributed by atoms with Crippen molar-refractivity contribution in [2.45, 2.75) is 60.0 Å². The molecular formula is C139H34O6. The quantitative estimate of drug-likeness (QED) is 0.163. The Balaban J connectivity index is 0.00000581. The molecule has 0 aliphatic rings. The van der Waals surface area contributed by atoms with E-state index in [0.29, 0.717) is 36.3 Å². The molecule has 0 radical (unpaired) electrons. The highest BCUT2D eigenvalue weighted by Gasteiger charge is 2.15. The summed E-state index contributed by atoms with van der Waals surface area (Å²) in [4.78, 5) is 33.3.